The van der Waals surface area contributed by atoms with Crippen LogP contribution in [-0.4, -0.2) is 36.0 Å². The predicted octanol–water partition coefficient (Wildman–Crippen LogP) is 2.58. The number of nitrogens with zero attached hydrogens (tertiary/aromatic N) is 1. The summed E-state index contributed by atoms with van der Waals surface area (Å²) < 4.78 is 6.39. The number of rotatable bonds is 2. The minimum atomic E-state index is -0.165. The minimum Gasteiger partial charge on any atom is -0.485 e. The van der Waals surface area contributed by atoms with E-state index >= 15 is 0 Å². The van der Waals surface area contributed by atoms with E-state index in [0.29, 0.717) is 12.3 Å². The molecule has 0 atom stereocenters. The van der Waals surface area contributed by atoms with E-state index in [0.717, 1.165) is 44.8 Å². The molecule has 1 fully saturated rings. The van der Waals surface area contributed by atoms with Crippen LogP contribution in [0.15, 0.2) is 24.3 Å². The number of para-hydroxylation sites is 1. The molecule has 1 spiro atoms. The van der Waals surface area contributed by atoms with Crippen LogP contribution in [0.5, 0.6) is 5.75 Å². The number of piperidine rings is 1. The second-order valence-corrected chi connectivity index (χ2v) is 6.98. The molecule has 3 rings (SSSR count). The molecule has 0 unspecified atom stereocenters. The van der Waals surface area contributed by atoms with Gasteiger partial charge in [0.05, 0.1) is 0 Å². The van der Waals surface area contributed by atoms with E-state index in [9.17, 15) is 4.79 Å². The molecule has 2 aliphatic heterocycles. The molecule has 2 heterocycles. The smallest absolute Gasteiger partial charge is 0.222 e. The number of hydrogen-bond acceptors (Lipinski definition) is 3. The van der Waals surface area contributed by atoms with Crippen molar-refractivity contribution >= 4 is 5.91 Å². The first-order chi connectivity index (χ1) is 10.6. The Balaban J connectivity index is 1.66. The molecule has 4 nitrogen and oxygen atoms in total. The summed E-state index contributed by atoms with van der Waals surface area (Å²) in [5.74, 6) is 1.70. The van der Waals surface area contributed by atoms with Crippen LogP contribution in [0.3, 0.4) is 0 Å². The van der Waals surface area contributed by atoms with Crippen molar-refractivity contribution in [1.82, 2.24) is 10.2 Å². The summed E-state index contributed by atoms with van der Waals surface area (Å²) in [6, 6.07) is 8.25. The molecule has 0 aliphatic carbocycles. The van der Waals surface area contributed by atoms with Gasteiger partial charge in [-0.15, -0.1) is 0 Å². The average Bonchev–Trinajstić information content (AvgIpc) is 2.66. The number of benzene rings is 1. The third kappa shape index (κ3) is 3.27. The molecule has 0 radical (unpaired) electrons. The largest absolute Gasteiger partial charge is 0.485 e. The van der Waals surface area contributed by atoms with Gasteiger partial charge in [-0.2, -0.15) is 0 Å². The molecule has 4 heteroatoms. The highest BCUT2D eigenvalue weighted by Gasteiger charge is 2.39. The molecular weight excluding hydrogens is 276 g/mol. The van der Waals surface area contributed by atoms with E-state index in [1.54, 1.807) is 0 Å². The maximum Gasteiger partial charge on any atom is 0.222 e. The maximum atomic E-state index is 12.2. The highest BCUT2D eigenvalue weighted by Crippen LogP contribution is 2.33. The summed E-state index contributed by atoms with van der Waals surface area (Å²) in [5, 5.41) is 3.51. The Labute approximate surface area is 132 Å². The molecule has 22 heavy (non-hydrogen) atoms. The molecule has 0 aromatic heterocycles. The highest BCUT2D eigenvalue weighted by molar-refractivity contribution is 5.76. The molecule has 1 N–H and O–H groups in total. The van der Waals surface area contributed by atoms with Gasteiger partial charge >= 0.3 is 0 Å². The highest BCUT2D eigenvalue weighted by atomic mass is 16.5. The zero-order valence-corrected chi connectivity index (χ0v) is 13.6. The molecule has 120 valence electrons. The van der Waals surface area contributed by atoms with Gasteiger partial charge in [0.1, 0.15) is 11.4 Å². The summed E-state index contributed by atoms with van der Waals surface area (Å²) in [6.45, 7) is 7.50. The topological polar surface area (TPSA) is 41.6 Å². The van der Waals surface area contributed by atoms with Crippen molar-refractivity contribution in [2.24, 2.45) is 5.92 Å². The lowest BCUT2D eigenvalue weighted by Crippen LogP contribution is -2.53. The lowest BCUT2D eigenvalue weighted by molar-refractivity contribution is -0.135. The van der Waals surface area contributed by atoms with Crippen molar-refractivity contribution in [3.05, 3.63) is 29.8 Å². The molecular formula is C18H26N2O2. The third-order valence-electron chi connectivity index (χ3n) is 4.67. The summed E-state index contributed by atoms with van der Waals surface area (Å²) in [6.07, 6.45) is 2.45. The summed E-state index contributed by atoms with van der Waals surface area (Å²) in [4.78, 5) is 14.2. The van der Waals surface area contributed by atoms with Crippen LogP contribution in [0.25, 0.3) is 0 Å². The van der Waals surface area contributed by atoms with E-state index in [1.807, 2.05) is 11.0 Å². The Morgan fingerprint density at radius 3 is 2.77 bits per heavy atom. The van der Waals surface area contributed by atoms with Gasteiger partial charge in [0.2, 0.25) is 5.91 Å². The third-order valence-corrected chi connectivity index (χ3v) is 4.67. The van der Waals surface area contributed by atoms with Gasteiger partial charge in [0.25, 0.3) is 0 Å². The van der Waals surface area contributed by atoms with E-state index in [2.05, 4.69) is 37.4 Å². The van der Waals surface area contributed by atoms with E-state index in [1.165, 1.54) is 5.56 Å². The van der Waals surface area contributed by atoms with Gasteiger partial charge in [-0.1, -0.05) is 32.0 Å². The summed E-state index contributed by atoms with van der Waals surface area (Å²) in [7, 11) is 0. The first-order valence-corrected chi connectivity index (χ1v) is 8.33. The van der Waals surface area contributed by atoms with E-state index in [-0.39, 0.29) is 11.5 Å². The molecule has 0 saturated carbocycles. The van der Waals surface area contributed by atoms with Crippen molar-refractivity contribution in [2.75, 3.05) is 19.6 Å². The number of nitrogens with one attached hydrogen (secondary N) is 1. The fourth-order valence-electron chi connectivity index (χ4n) is 3.36. The summed E-state index contributed by atoms with van der Waals surface area (Å²) >= 11 is 0. The Morgan fingerprint density at radius 1 is 1.32 bits per heavy atom. The summed E-state index contributed by atoms with van der Waals surface area (Å²) in [5.41, 5.74) is 1.05. The van der Waals surface area contributed by atoms with Crippen LogP contribution >= 0.6 is 0 Å². The van der Waals surface area contributed by atoms with Crippen LogP contribution in [0.4, 0.5) is 0 Å². The lowest BCUT2D eigenvalue weighted by atomic mass is 9.90. The van der Waals surface area contributed by atoms with Crippen molar-refractivity contribution in [1.29, 1.82) is 0 Å². The van der Waals surface area contributed by atoms with Crippen LogP contribution in [0, 0.1) is 5.92 Å². The number of ether oxygens (including phenoxy) is 1. The minimum absolute atomic E-state index is 0.165. The molecule has 1 saturated heterocycles. The van der Waals surface area contributed by atoms with Gasteiger partial charge < -0.3 is 15.0 Å². The zero-order valence-electron chi connectivity index (χ0n) is 13.6. The van der Waals surface area contributed by atoms with Crippen molar-refractivity contribution in [3.63, 3.8) is 0 Å². The monoisotopic (exact) mass is 302 g/mol. The van der Waals surface area contributed by atoms with Gasteiger partial charge in [-0.25, -0.2) is 0 Å². The molecule has 1 aromatic rings. The Kier molecular flexibility index (Phi) is 4.39. The number of carbonyl (C=O) groups excluding carboxylic acids is 1. The molecule has 0 bridgehead atoms. The number of fused-ring (bicyclic) bond motifs is 1. The lowest BCUT2D eigenvalue weighted by Gasteiger charge is -2.41. The van der Waals surface area contributed by atoms with Crippen molar-refractivity contribution < 1.29 is 9.53 Å². The molecule has 1 aromatic carbocycles. The second kappa shape index (κ2) is 6.29. The number of hydrogen-bond donors (Lipinski definition) is 1. The fourth-order valence-corrected chi connectivity index (χ4v) is 3.36. The average molecular weight is 302 g/mol. The molecule has 1 amide bonds. The second-order valence-electron chi connectivity index (χ2n) is 6.98. The van der Waals surface area contributed by atoms with Crippen LogP contribution in [0.2, 0.25) is 0 Å². The van der Waals surface area contributed by atoms with Crippen LogP contribution in [-0.2, 0) is 11.3 Å². The normalized spacial score (nSPS) is 20.4. The first-order valence-electron chi connectivity index (χ1n) is 8.33. The fraction of sp³-hybridized carbons (Fsp3) is 0.611. The Morgan fingerprint density at radius 2 is 2.05 bits per heavy atom. The van der Waals surface area contributed by atoms with E-state index < -0.39 is 0 Å². The standard InChI is InChI=1S/C18H26N2O2/c1-14(2)11-17(21)20-9-7-18(8-10-20)13-19-12-15-5-3-4-6-16(15)22-18/h3-6,14,19H,7-13H2,1-2H3. The van der Waals surface area contributed by atoms with Gasteiger partial charge in [0.15, 0.2) is 0 Å². The van der Waals surface area contributed by atoms with Gasteiger partial charge in [0, 0.05) is 51.0 Å². The van der Waals surface area contributed by atoms with Crippen molar-refractivity contribution in [3.8, 4) is 5.75 Å². The Hall–Kier alpha value is -1.55. The number of carbonyl (C=O) groups is 1. The molecule has 2 aliphatic rings. The van der Waals surface area contributed by atoms with Gasteiger partial charge in [-0.3, -0.25) is 4.79 Å². The predicted molar refractivity (Wildman–Crippen MR) is 86.8 cm³/mol. The first kappa shape index (κ1) is 15.3. The zero-order chi connectivity index (χ0) is 15.6. The Bertz CT molecular complexity index is 534. The van der Waals surface area contributed by atoms with E-state index in [4.69, 9.17) is 4.74 Å². The SMILES string of the molecule is CC(C)CC(=O)N1CCC2(CC1)CNCc1ccccc1O2. The van der Waals surface area contributed by atoms with Crippen LogP contribution < -0.4 is 10.1 Å². The maximum absolute atomic E-state index is 12.2. The number of likely N-dealkylation sites (tertiary alicyclic amines) is 1. The van der Waals surface area contributed by atoms with Gasteiger partial charge in [-0.05, 0) is 12.0 Å². The quantitative estimate of drug-likeness (QED) is 0.913. The van der Waals surface area contributed by atoms with Crippen LogP contribution in [0.1, 0.15) is 38.7 Å². The van der Waals surface area contributed by atoms with Crippen molar-refractivity contribution in [2.45, 2.75) is 45.3 Å². The number of amides is 1.